The number of aromatic nitrogens is 2. The van der Waals surface area contributed by atoms with Crippen LogP contribution >= 0.6 is 0 Å². The van der Waals surface area contributed by atoms with Crippen LogP contribution in [0.2, 0.25) is 0 Å². The molecule has 1 aliphatic rings. The average molecular weight is 391 g/mol. The molecule has 1 amide bonds. The van der Waals surface area contributed by atoms with Gasteiger partial charge < -0.3 is 14.2 Å². The van der Waals surface area contributed by atoms with Gasteiger partial charge in [-0.15, -0.1) is 0 Å². The number of carbonyl (C=O) groups excluding carboxylic acids is 1. The van der Waals surface area contributed by atoms with Crippen molar-refractivity contribution in [3.8, 4) is 17.1 Å². The fourth-order valence-electron chi connectivity index (χ4n) is 3.60. The minimum atomic E-state index is -0.118. The van der Waals surface area contributed by atoms with Crippen molar-refractivity contribution in [1.29, 1.82) is 0 Å². The van der Waals surface area contributed by atoms with Gasteiger partial charge in [0.05, 0.1) is 18.1 Å². The van der Waals surface area contributed by atoms with E-state index >= 15 is 0 Å². The van der Waals surface area contributed by atoms with Crippen molar-refractivity contribution >= 4 is 11.6 Å². The molecule has 1 saturated heterocycles. The van der Waals surface area contributed by atoms with Gasteiger partial charge in [0, 0.05) is 18.7 Å². The van der Waals surface area contributed by atoms with Gasteiger partial charge in [0.15, 0.2) is 0 Å². The maximum atomic E-state index is 12.6. The van der Waals surface area contributed by atoms with Gasteiger partial charge in [-0.1, -0.05) is 43.3 Å². The first-order valence-electron chi connectivity index (χ1n) is 10.0. The Morgan fingerprint density at radius 2 is 1.93 bits per heavy atom. The van der Waals surface area contributed by atoms with Crippen LogP contribution in [-0.4, -0.2) is 29.2 Å². The predicted octanol–water partition coefficient (Wildman–Crippen LogP) is 4.78. The number of para-hydroxylation sites is 1. The minimum Gasteiger partial charge on any atom is -0.493 e. The molecule has 4 rings (SSSR count). The zero-order chi connectivity index (χ0) is 20.4. The third-order valence-electron chi connectivity index (χ3n) is 5.22. The third-order valence-corrected chi connectivity index (χ3v) is 5.22. The summed E-state index contributed by atoms with van der Waals surface area (Å²) in [6.07, 6.45) is 0.362. The fraction of sp³-hybridized carbons (Fsp3) is 0.348. The van der Waals surface area contributed by atoms with E-state index < -0.39 is 0 Å². The van der Waals surface area contributed by atoms with Gasteiger partial charge in [-0.25, -0.2) is 0 Å². The van der Waals surface area contributed by atoms with E-state index in [1.807, 2.05) is 43.3 Å². The molecule has 2 heterocycles. The number of amides is 1. The van der Waals surface area contributed by atoms with Crippen LogP contribution in [0.5, 0.6) is 5.75 Å². The topological polar surface area (TPSA) is 68.5 Å². The SMILES string of the molecule is CCOc1ccccc1-c1noc(C2CC(=O)N(c3ccc(C(C)C)cc3)C2)n1. The Hall–Kier alpha value is -3.15. The highest BCUT2D eigenvalue weighted by atomic mass is 16.5. The molecule has 0 radical (unpaired) electrons. The van der Waals surface area contributed by atoms with Crippen molar-refractivity contribution in [1.82, 2.24) is 10.1 Å². The maximum Gasteiger partial charge on any atom is 0.232 e. The summed E-state index contributed by atoms with van der Waals surface area (Å²) in [5.74, 6) is 2.10. The Morgan fingerprint density at radius 1 is 1.17 bits per heavy atom. The van der Waals surface area contributed by atoms with E-state index in [0.29, 0.717) is 37.2 Å². The first kappa shape index (κ1) is 19.2. The van der Waals surface area contributed by atoms with Crippen LogP contribution in [0.3, 0.4) is 0 Å². The second-order valence-corrected chi connectivity index (χ2v) is 7.54. The van der Waals surface area contributed by atoms with Crippen LogP contribution in [0, 0.1) is 0 Å². The standard InChI is InChI=1S/C23H25N3O3/c1-4-28-20-8-6-5-7-19(20)22-24-23(29-25-22)17-13-21(27)26(14-17)18-11-9-16(10-12-18)15(2)3/h5-12,15,17H,4,13-14H2,1-3H3. The first-order valence-corrected chi connectivity index (χ1v) is 10.0. The normalized spacial score (nSPS) is 16.6. The van der Waals surface area contributed by atoms with Crippen molar-refractivity contribution in [2.75, 3.05) is 18.1 Å². The molecule has 1 aromatic heterocycles. The van der Waals surface area contributed by atoms with Gasteiger partial charge in [-0.2, -0.15) is 4.98 Å². The van der Waals surface area contributed by atoms with Crippen molar-refractivity contribution < 1.29 is 14.1 Å². The lowest BCUT2D eigenvalue weighted by molar-refractivity contribution is -0.117. The summed E-state index contributed by atoms with van der Waals surface area (Å²) < 4.78 is 11.2. The molecule has 0 aliphatic carbocycles. The van der Waals surface area contributed by atoms with Crippen LogP contribution in [0.1, 0.15) is 50.5 Å². The number of rotatable bonds is 6. The molecule has 29 heavy (non-hydrogen) atoms. The third kappa shape index (κ3) is 3.88. The molecule has 2 aromatic carbocycles. The van der Waals surface area contributed by atoms with E-state index in [2.05, 4.69) is 36.1 Å². The van der Waals surface area contributed by atoms with Gasteiger partial charge >= 0.3 is 0 Å². The summed E-state index contributed by atoms with van der Waals surface area (Å²) in [5.41, 5.74) is 2.95. The van der Waals surface area contributed by atoms with Crippen molar-refractivity contribution in [3.05, 3.63) is 60.0 Å². The van der Waals surface area contributed by atoms with E-state index in [-0.39, 0.29) is 11.8 Å². The molecule has 0 saturated carbocycles. The number of hydrogen-bond donors (Lipinski definition) is 0. The Labute approximate surface area is 170 Å². The van der Waals surface area contributed by atoms with Gasteiger partial charge in [0.2, 0.25) is 17.6 Å². The Morgan fingerprint density at radius 3 is 2.66 bits per heavy atom. The lowest BCUT2D eigenvalue weighted by Gasteiger charge is -2.17. The van der Waals surface area contributed by atoms with Crippen molar-refractivity contribution in [2.24, 2.45) is 0 Å². The highest BCUT2D eigenvalue weighted by molar-refractivity contribution is 5.96. The Bertz CT molecular complexity index is 995. The molecule has 1 fully saturated rings. The van der Waals surface area contributed by atoms with Gasteiger partial charge in [0.1, 0.15) is 5.75 Å². The summed E-state index contributed by atoms with van der Waals surface area (Å²) >= 11 is 0. The molecule has 6 heteroatoms. The predicted molar refractivity (Wildman–Crippen MR) is 111 cm³/mol. The quantitative estimate of drug-likeness (QED) is 0.605. The molecule has 150 valence electrons. The molecule has 6 nitrogen and oxygen atoms in total. The van der Waals surface area contributed by atoms with Gasteiger partial charge in [-0.3, -0.25) is 4.79 Å². The minimum absolute atomic E-state index is 0.0711. The average Bonchev–Trinajstić information content (AvgIpc) is 3.36. The van der Waals surface area contributed by atoms with E-state index in [1.54, 1.807) is 4.90 Å². The van der Waals surface area contributed by atoms with Crippen molar-refractivity contribution in [3.63, 3.8) is 0 Å². The zero-order valence-corrected chi connectivity index (χ0v) is 17.0. The number of nitrogens with zero attached hydrogens (tertiary/aromatic N) is 3. The Balaban J connectivity index is 1.53. The van der Waals surface area contributed by atoms with Crippen LogP contribution < -0.4 is 9.64 Å². The number of ether oxygens (including phenoxy) is 1. The van der Waals surface area contributed by atoms with Crippen LogP contribution in [0.25, 0.3) is 11.4 Å². The van der Waals surface area contributed by atoms with E-state index in [4.69, 9.17) is 9.26 Å². The number of hydrogen-bond acceptors (Lipinski definition) is 5. The molecular formula is C23H25N3O3. The molecule has 3 aromatic rings. The van der Waals surface area contributed by atoms with Crippen LogP contribution in [-0.2, 0) is 4.79 Å². The summed E-state index contributed by atoms with van der Waals surface area (Å²) in [6.45, 7) is 7.34. The number of anilines is 1. The summed E-state index contributed by atoms with van der Waals surface area (Å²) in [5, 5.41) is 4.13. The second kappa shape index (κ2) is 8.07. The van der Waals surface area contributed by atoms with Crippen LogP contribution in [0.15, 0.2) is 53.1 Å². The maximum absolute atomic E-state index is 12.6. The van der Waals surface area contributed by atoms with Crippen LogP contribution in [0.4, 0.5) is 5.69 Å². The molecule has 1 atom stereocenters. The molecule has 0 N–H and O–H groups in total. The first-order chi connectivity index (χ1) is 14.1. The van der Waals surface area contributed by atoms with Gasteiger partial charge in [0.25, 0.3) is 0 Å². The molecule has 1 unspecified atom stereocenters. The fourth-order valence-corrected chi connectivity index (χ4v) is 3.60. The molecule has 0 bridgehead atoms. The highest BCUT2D eigenvalue weighted by Gasteiger charge is 2.35. The lowest BCUT2D eigenvalue weighted by atomic mass is 10.0. The van der Waals surface area contributed by atoms with E-state index in [1.165, 1.54) is 5.56 Å². The smallest absolute Gasteiger partial charge is 0.232 e. The highest BCUT2D eigenvalue weighted by Crippen LogP contribution is 2.34. The lowest BCUT2D eigenvalue weighted by Crippen LogP contribution is -2.24. The van der Waals surface area contributed by atoms with Gasteiger partial charge in [-0.05, 0) is 42.7 Å². The molecule has 1 aliphatic heterocycles. The monoisotopic (exact) mass is 391 g/mol. The Kier molecular flexibility index (Phi) is 5.34. The van der Waals surface area contributed by atoms with E-state index in [0.717, 1.165) is 17.0 Å². The van der Waals surface area contributed by atoms with Crippen molar-refractivity contribution in [2.45, 2.75) is 39.0 Å². The zero-order valence-electron chi connectivity index (χ0n) is 17.0. The number of benzene rings is 2. The summed E-state index contributed by atoms with van der Waals surface area (Å²) in [4.78, 5) is 19.0. The number of carbonyl (C=O) groups is 1. The second-order valence-electron chi connectivity index (χ2n) is 7.54. The largest absolute Gasteiger partial charge is 0.493 e. The summed E-state index contributed by atoms with van der Waals surface area (Å²) in [6, 6.07) is 15.8. The molecule has 0 spiro atoms. The summed E-state index contributed by atoms with van der Waals surface area (Å²) in [7, 11) is 0. The van der Waals surface area contributed by atoms with E-state index in [9.17, 15) is 4.79 Å². The molecular weight excluding hydrogens is 366 g/mol.